The van der Waals surface area contributed by atoms with E-state index in [9.17, 15) is 4.79 Å². The number of ether oxygens (including phenoxy) is 1. The average Bonchev–Trinajstić information content (AvgIpc) is 2.85. The van der Waals surface area contributed by atoms with E-state index in [0.717, 1.165) is 31.8 Å². The highest BCUT2D eigenvalue weighted by atomic mass is 16.5. The van der Waals surface area contributed by atoms with E-state index < -0.39 is 0 Å². The van der Waals surface area contributed by atoms with Crippen molar-refractivity contribution in [2.75, 3.05) is 32.8 Å². The fourth-order valence-corrected chi connectivity index (χ4v) is 2.66. The van der Waals surface area contributed by atoms with Gasteiger partial charge in [-0.15, -0.1) is 0 Å². The molecule has 2 aliphatic rings. The molecule has 0 bridgehead atoms. The van der Waals surface area contributed by atoms with Crippen LogP contribution in [-0.2, 0) is 0 Å². The molecule has 2 aliphatic heterocycles. The zero-order valence-corrected chi connectivity index (χ0v) is 10.4. The van der Waals surface area contributed by atoms with Gasteiger partial charge in [0, 0.05) is 6.54 Å². The van der Waals surface area contributed by atoms with Crippen LogP contribution >= 0.6 is 0 Å². The number of para-hydroxylation sites is 1. The molecule has 1 aromatic rings. The molecular formula is C14H18N2O2. The normalized spacial score (nSPS) is 23.4. The standard InChI is InChI=1S/C14H18N2O2/c17-14-12-3-1-2-4-13(12)18-8-7-16(14)10-11-5-6-15-9-11/h1-4,11,15H,5-10H2. The van der Waals surface area contributed by atoms with Crippen LogP contribution in [0.5, 0.6) is 5.75 Å². The Hall–Kier alpha value is -1.55. The highest BCUT2D eigenvalue weighted by molar-refractivity contribution is 5.97. The van der Waals surface area contributed by atoms with Crippen LogP contribution in [0.3, 0.4) is 0 Å². The zero-order chi connectivity index (χ0) is 12.4. The number of carbonyl (C=O) groups is 1. The van der Waals surface area contributed by atoms with Crippen molar-refractivity contribution in [2.45, 2.75) is 6.42 Å². The van der Waals surface area contributed by atoms with Gasteiger partial charge in [0.15, 0.2) is 0 Å². The van der Waals surface area contributed by atoms with E-state index >= 15 is 0 Å². The maximum absolute atomic E-state index is 12.5. The average molecular weight is 246 g/mol. The van der Waals surface area contributed by atoms with Crippen molar-refractivity contribution in [2.24, 2.45) is 5.92 Å². The monoisotopic (exact) mass is 246 g/mol. The number of nitrogens with one attached hydrogen (secondary N) is 1. The van der Waals surface area contributed by atoms with Gasteiger partial charge in [-0.1, -0.05) is 12.1 Å². The second kappa shape index (κ2) is 4.98. The highest BCUT2D eigenvalue weighted by Crippen LogP contribution is 2.23. The third-order valence-corrected chi connectivity index (χ3v) is 3.66. The minimum Gasteiger partial charge on any atom is -0.491 e. The molecule has 0 aliphatic carbocycles. The van der Waals surface area contributed by atoms with E-state index in [1.54, 1.807) is 0 Å². The zero-order valence-electron chi connectivity index (χ0n) is 10.4. The van der Waals surface area contributed by atoms with Crippen LogP contribution in [0.15, 0.2) is 24.3 Å². The molecule has 1 unspecified atom stereocenters. The number of benzene rings is 1. The van der Waals surface area contributed by atoms with Gasteiger partial charge in [0.25, 0.3) is 5.91 Å². The summed E-state index contributed by atoms with van der Waals surface area (Å²) in [5.74, 6) is 1.41. The van der Waals surface area contributed by atoms with Crippen molar-refractivity contribution in [1.82, 2.24) is 10.2 Å². The topological polar surface area (TPSA) is 41.6 Å². The maximum Gasteiger partial charge on any atom is 0.257 e. The second-order valence-corrected chi connectivity index (χ2v) is 4.95. The van der Waals surface area contributed by atoms with Gasteiger partial charge in [-0.05, 0) is 37.6 Å². The summed E-state index contributed by atoms with van der Waals surface area (Å²) >= 11 is 0. The molecule has 1 aromatic carbocycles. The minimum absolute atomic E-state index is 0.106. The fraction of sp³-hybridized carbons (Fsp3) is 0.500. The van der Waals surface area contributed by atoms with Crippen LogP contribution in [0.1, 0.15) is 16.8 Å². The summed E-state index contributed by atoms with van der Waals surface area (Å²) in [4.78, 5) is 14.4. The lowest BCUT2D eigenvalue weighted by atomic mass is 10.1. The molecule has 3 rings (SSSR count). The smallest absolute Gasteiger partial charge is 0.257 e. The summed E-state index contributed by atoms with van der Waals surface area (Å²) < 4.78 is 5.64. The molecule has 4 heteroatoms. The Morgan fingerprint density at radius 2 is 2.28 bits per heavy atom. The van der Waals surface area contributed by atoms with Gasteiger partial charge in [-0.2, -0.15) is 0 Å². The molecule has 1 amide bonds. The number of carbonyl (C=O) groups excluding carboxylic acids is 1. The van der Waals surface area contributed by atoms with Crippen molar-refractivity contribution in [1.29, 1.82) is 0 Å². The molecular weight excluding hydrogens is 228 g/mol. The third-order valence-electron chi connectivity index (χ3n) is 3.66. The van der Waals surface area contributed by atoms with Gasteiger partial charge in [-0.3, -0.25) is 4.79 Å². The Morgan fingerprint density at radius 1 is 1.39 bits per heavy atom. The summed E-state index contributed by atoms with van der Waals surface area (Å²) in [6.45, 7) is 4.20. The summed E-state index contributed by atoms with van der Waals surface area (Å²) in [5, 5.41) is 3.34. The molecule has 4 nitrogen and oxygen atoms in total. The van der Waals surface area contributed by atoms with E-state index in [4.69, 9.17) is 4.74 Å². The summed E-state index contributed by atoms with van der Waals surface area (Å²) in [7, 11) is 0. The number of amides is 1. The maximum atomic E-state index is 12.5. The molecule has 0 saturated carbocycles. The predicted molar refractivity (Wildman–Crippen MR) is 68.8 cm³/mol. The lowest BCUT2D eigenvalue weighted by Gasteiger charge is -2.23. The lowest BCUT2D eigenvalue weighted by molar-refractivity contribution is 0.0732. The van der Waals surface area contributed by atoms with E-state index in [-0.39, 0.29) is 5.91 Å². The largest absolute Gasteiger partial charge is 0.491 e. The van der Waals surface area contributed by atoms with Gasteiger partial charge >= 0.3 is 0 Å². The molecule has 18 heavy (non-hydrogen) atoms. The Kier molecular flexibility index (Phi) is 3.19. The lowest BCUT2D eigenvalue weighted by Crippen LogP contribution is -2.37. The number of nitrogens with zero attached hydrogens (tertiary/aromatic N) is 1. The molecule has 0 radical (unpaired) electrons. The van der Waals surface area contributed by atoms with Gasteiger partial charge in [0.2, 0.25) is 0 Å². The van der Waals surface area contributed by atoms with Crippen LogP contribution < -0.4 is 10.1 Å². The van der Waals surface area contributed by atoms with Crippen LogP contribution in [0.25, 0.3) is 0 Å². The predicted octanol–water partition coefficient (Wildman–Crippen LogP) is 1.13. The minimum atomic E-state index is 0.106. The van der Waals surface area contributed by atoms with Gasteiger partial charge < -0.3 is 15.0 Å². The van der Waals surface area contributed by atoms with Gasteiger partial charge in [0.05, 0.1) is 12.1 Å². The quantitative estimate of drug-likeness (QED) is 0.850. The van der Waals surface area contributed by atoms with Crippen molar-refractivity contribution in [3.8, 4) is 5.75 Å². The van der Waals surface area contributed by atoms with E-state index in [0.29, 0.717) is 24.6 Å². The van der Waals surface area contributed by atoms with Crippen LogP contribution in [-0.4, -0.2) is 43.6 Å². The number of fused-ring (bicyclic) bond motifs is 1. The summed E-state index contributed by atoms with van der Waals surface area (Å²) in [5.41, 5.74) is 0.695. The van der Waals surface area contributed by atoms with Crippen molar-refractivity contribution in [3.05, 3.63) is 29.8 Å². The van der Waals surface area contributed by atoms with E-state index in [1.807, 2.05) is 29.2 Å². The molecule has 1 N–H and O–H groups in total. The second-order valence-electron chi connectivity index (χ2n) is 4.95. The first-order valence-electron chi connectivity index (χ1n) is 6.56. The molecule has 96 valence electrons. The van der Waals surface area contributed by atoms with Crippen LogP contribution in [0, 0.1) is 5.92 Å². The molecule has 0 aromatic heterocycles. The molecule has 0 spiro atoms. The molecule has 1 atom stereocenters. The SMILES string of the molecule is O=C1c2ccccc2OCCN1CC1CCNC1. The molecule has 1 fully saturated rings. The third kappa shape index (κ3) is 2.20. The van der Waals surface area contributed by atoms with Crippen LogP contribution in [0.2, 0.25) is 0 Å². The summed E-state index contributed by atoms with van der Waals surface area (Å²) in [6, 6.07) is 7.51. The Bertz CT molecular complexity index is 441. The van der Waals surface area contributed by atoms with E-state index in [2.05, 4.69) is 5.32 Å². The van der Waals surface area contributed by atoms with E-state index in [1.165, 1.54) is 0 Å². The van der Waals surface area contributed by atoms with Crippen LogP contribution in [0.4, 0.5) is 0 Å². The van der Waals surface area contributed by atoms with Crippen molar-refractivity contribution >= 4 is 5.91 Å². The molecule has 2 heterocycles. The number of hydrogen-bond acceptors (Lipinski definition) is 3. The summed E-state index contributed by atoms with van der Waals surface area (Å²) in [6.07, 6.45) is 1.16. The first-order valence-corrected chi connectivity index (χ1v) is 6.56. The van der Waals surface area contributed by atoms with Crippen molar-refractivity contribution in [3.63, 3.8) is 0 Å². The van der Waals surface area contributed by atoms with Crippen molar-refractivity contribution < 1.29 is 9.53 Å². The first kappa shape index (κ1) is 11.5. The molecule has 1 saturated heterocycles. The highest BCUT2D eigenvalue weighted by Gasteiger charge is 2.26. The Morgan fingerprint density at radius 3 is 3.11 bits per heavy atom. The number of hydrogen-bond donors (Lipinski definition) is 1. The Labute approximate surface area is 107 Å². The number of rotatable bonds is 2. The Balaban J connectivity index is 1.78. The first-order chi connectivity index (χ1) is 8.84. The van der Waals surface area contributed by atoms with Gasteiger partial charge in [-0.25, -0.2) is 0 Å². The van der Waals surface area contributed by atoms with Gasteiger partial charge in [0.1, 0.15) is 12.4 Å². The fourth-order valence-electron chi connectivity index (χ4n) is 2.66.